The molecular formula is C19H38O3. The summed E-state index contributed by atoms with van der Waals surface area (Å²) in [5.74, 6) is -0.739. The number of carbonyl (C=O) groups is 1. The highest BCUT2D eigenvalue weighted by Gasteiger charge is 2.13. The summed E-state index contributed by atoms with van der Waals surface area (Å²) in [6, 6.07) is 0. The molecule has 1 N–H and O–H groups in total. The lowest BCUT2D eigenvalue weighted by molar-refractivity contribution is -0.140. The van der Waals surface area contributed by atoms with Crippen LogP contribution in [0.25, 0.3) is 0 Å². The predicted octanol–water partition coefficient (Wildman–Crippen LogP) is 5.96. The largest absolute Gasteiger partial charge is 0.481 e. The summed E-state index contributed by atoms with van der Waals surface area (Å²) in [4.78, 5) is 10.9. The van der Waals surface area contributed by atoms with E-state index in [1.54, 1.807) is 0 Å². The third kappa shape index (κ3) is 15.8. The van der Waals surface area contributed by atoms with Crippen molar-refractivity contribution in [3.05, 3.63) is 0 Å². The molecule has 0 heterocycles. The van der Waals surface area contributed by atoms with E-state index in [4.69, 9.17) is 9.84 Å². The molecule has 132 valence electrons. The minimum absolute atomic E-state index is 0.0843. The molecule has 0 aromatic heterocycles. The first-order valence-electron chi connectivity index (χ1n) is 9.54. The lowest BCUT2D eigenvalue weighted by Crippen LogP contribution is -2.18. The summed E-state index contributed by atoms with van der Waals surface area (Å²) in [6.07, 6.45) is 16.0. The Kier molecular flexibility index (Phi) is 16.4. The monoisotopic (exact) mass is 314 g/mol. The fourth-order valence-corrected chi connectivity index (χ4v) is 2.72. The van der Waals surface area contributed by atoms with Gasteiger partial charge in [-0.2, -0.15) is 0 Å². The van der Waals surface area contributed by atoms with Crippen molar-refractivity contribution in [3.63, 3.8) is 0 Å². The van der Waals surface area contributed by atoms with Crippen LogP contribution in [-0.2, 0) is 9.53 Å². The zero-order valence-corrected chi connectivity index (χ0v) is 14.9. The van der Waals surface area contributed by atoms with Gasteiger partial charge >= 0.3 is 5.97 Å². The Morgan fingerprint density at radius 3 is 1.86 bits per heavy atom. The third-order valence-electron chi connectivity index (χ3n) is 4.13. The number of ether oxygens (including phenoxy) is 1. The van der Waals surface area contributed by atoms with E-state index in [-0.39, 0.29) is 12.5 Å². The number of carboxylic acids is 1. The van der Waals surface area contributed by atoms with Crippen LogP contribution < -0.4 is 0 Å². The third-order valence-corrected chi connectivity index (χ3v) is 4.13. The number of hydrogen-bond donors (Lipinski definition) is 1. The van der Waals surface area contributed by atoms with Crippen molar-refractivity contribution in [2.24, 2.45) is 0 Å². The molecule has 0 aliphatic heterocycles. The Morgan fingerprint density at radius 2 is 1.32 bits per heavy atom. The standard InChI is InChI=1S/C19H38O3/c1-3-5-7-8-9-10-11-12-13-15-18(17-19(20)21)22-16-14-6-4-2/h18H,3-17H2,1-2H3,(H,20,21)/t18-/m1/s1. The molecule has 3 nitrogen and oxygen atoms in total. The van der Waals surface area contributed by atoms with Gasteiger partial charge in [0, 0.05) is 6.61 Å². The summed E-state index contributed by atoms with van der Waals surface area (Å²) < 4.78 is 5.75. The first kappa shape index (κ1) is 21.4. The summed E-state index contributed by atoms with van der Waals surface area (Å²) in [5.41, 5.74) is 0. The van der Waals surface area contributed by atoms with E-state index in [9.17, 15) is 4.79 Å². The highest BCUT2D eigenvalue weighted by atomic mass is 16.5. The van der Waals surface area contributed by atoms with Gasteiger partial charge in [0.15, 0.2) is 0 Å². The Labute approximate surface area is 137 Å². The molecule has 0 aliphatic carbocycles. The molecular weight excluding hydrogens is 276 g/mol. The van der Waals surface area contributed by atoms with E-state index in [1.165, 1.54) is 57.8 Å². The number of rotatable bonds is 17. The number of hydrogen-bond acceptors (Lipinski definition) is 2. The molecule has 0 saturated heterocycles. The molecule has 0 fully saturated rings. The molecule has 0 aliphatic rings. The second kappa shape index (κ2) is 16.8. The summed E-state index contributed by atoms with van der Waals surface area (Å²) in [7, 11) is 0. The molecule has 0 bridgehead atoms. The summed E-state index contributed by atoms with van der Waals surface area (Å²) in [5, 5.41) is 8.95. The molecule has 0 spiro atoms. The van der Waals surface area contributed by atoms with Crippen LogP contribution in [0, 0.1) is 0 Å². The van der Waals surface area contributed by atoms with Crippen molar-refractivity contribution in [1.29, 1.82) is 0 Å². The first-order valence-corrected chi connectivity index (χ1v) is 9.54. The Morgan fingerprint density at radius 1 is 0.818 bits per heavy atom. The van der Waals surface area contributed by atoms with Crippen LogP contribution in [0.15, 0.2) is 0 Å². The Hall–Kier alpha value is -0.570. The van der Waals surface area contributed by atoms with E-state index >= 15 is 0 Å². The zero-order chi connectivity index (χ0) is 16.5. The first-order chi connectivity index (χ1) is 10.7. The summed E-state index contributed by atoms with van der Waals surface area (Å²) in [6.45, 7) is 5.12. The molecule has 1 atom stereocenters. The van der Waals surface area contributed by atoms with E-state index in [0.29, 0.717) is 6.61 Å². The maximum Gasteiger partial charge on any atom is 0.305 e. The van der Waals surface area contributed by atoms with Crippen LogP contribution >= 0.6 is 0 Å². The van der Waals surface area contributed by atoms with Gasteiger partial charge < -0.3 is 9.84 Å². The molecule has 0 unspecified atom stereocenters. The van der Waals surface area contributed by atoms with E-state index < -0.39 is 5.97 Å². The van der Waals surface area contributed by atoms with Crippen molar-refractivity contribution in [1.82, 2.24) is 0 Å². The highest BCUT2D eigenvalue weighted by molar-refractivity contribution is 5.67. The van der Waals surface area contributed by atoms with Crippen LogP contribution in [-0.4, -0.2) is 23.8 Å². The topological polar surface area (TPSA) is 46.5 Å². The molecule has 0 rings (SSSR count). The molecule has 0 aromatic rings. The van der Waals surface area contributed by atoms with Crippen LogP contribution in [0.3, 0.4) is 0 Å². The molecule has 3 heteroatoms. The maximum atomic E-state index is 10.9. The van der Waals surface area contributed by atoms with Gasteiger partial charge in [-0.1, -0.05) is 84.5 Å². The van der Waals surface area contributed by atoms with E-state index in [2.05, 4.69) is 13.8 Å². The normalized spacial score (nSPS) is 12.5. The van der Waals surface area contributed by atoms with Gasteiger partial charge in [0.1, 0.15) is 0 Å². The average molecular weight is 315 g/mol. The fraction of sp³-hybridized carbons (Fsp3) is 0.947. The lowest BCUT2D eigenvalue weighted by atomic mass is 10.0. The second-order valence-corrected chi connectivity index (χ2v) is 6.41. The maximum absolute atomic E-state index is 10.9. The highest BCUT2D eigenvalue weighted by Crippen LogP contribution is 2.14. The van der Waals surface area contributed by atoms with Gasteiger partial charge in [-0.25, -0.2) is 0 Å². The number of unbranched alkanes of at least 4 members (excludes halogenated alkanes) is 10. The lowest BCUT2D eigenvalue weighted by Gasteiger charge is -2.16. The molecule has 22 heavy (non-hydrogen) atoms. The van der Waals surface area contributed by atoms with Gasteiger partial charge in [0.2, 0.25) is 0 Å². The second-order valence-electron chi connectivity index (χ2n) is 6.41. The fourth-order valence-electron chi connectivity index (χ4n) is 2.72. The molecule has 0 aromatic carbocycles. The van der Waals surface area contributed by atoms with Crippen LogP contribution in [0.1, 0.15) is 104 Å². The smallest absolute Gasteiger partial charge is 0.305 e. The van der Waals surface area contributed by atoms with Gasteiger partial charge in [-0.15, -0.1) is 0 Å². The van der Waals surface area contributed by atoms with Gasteiger partial charge in [0.25, 0.3) is 0 Å². The zero-order valence-electron chi connectivity index (χ0n) is 14.9. The average Bonchev–Trinajstić information content (AvgIpc) is 2.49. The SMILES string of the molecule is CCCCCCCCCCC[C@H](CC(=O)O)OCCCCC. The van der Waals surface area contributed by atoms with Crippen molar-refractivity contribution in [3.8, 4) is 0 Å². The molecule has 0 radical (unpaired) electrons. The van der Waals surface area contributed by atoms with E-state index in [0.717, 1.165) is 25.7 Å². The van der Waals surface area contributed by atoms with Crippen LogP contribution in [0.4, 0.5) is 0 Å². The van der Waals surface area contributed by atoms with Crippen LogP contribution in [0.5, 0.6) is 0 Å². The van der Waals surface area contributed by atoms with Crippen molar-refractivity contribution in [2.75, 3.05) is 6.61 Å². The van der Waals surface area contributed by atoms with E-state index in [1.807, 2.05) is 0 Å². The van der Waals surface area contributed by atoms with Crippen LogP contribution in [0.2, 0.25) is 0 Å². The van der Waals surface area contributed by atoms with Crippen molar-refractivity contribution in [2.45, 2.75) is 110 Å². The predicted molar refractivity (Wildman–Crippen MR) is 93.4 cm³/mol. The van der Waals surface area contributed by atoms with Crippen molar-refractivity contribution >= 4 is 5.97 Å². The van der Waals surface area contributed by atoms with Gasteiger partial charge in [-0.05, 0) is 12.8 Å². The van der Waals surface area contributed by atoms with Gasteiger partial charge in [0.05, 0.1) is 12.5 Å². The quantitative estimate of drug-likeness (QED) is 0.337. The molecule has 0 amide bonds. The number of carboxylic acid groups (broad SMARTS) is 1. The minimum Gasteiger partial charge on any atom is -0.481 e. The summed E-state index contributed by atoms with van der Waals surface area (Å²) >= 11 is 0. The van der Waals surface area contributed by atoms with Crippen molar-refractivity contribution < 1.29 is 14.6 Å². The Bertz CT molecular complexity index is 241. The minimum atomic E-state index is -0.739. The molecule has 0 saturated carbocycles. The Balaban J connectivity index is 3.55. The number of aliphatic carboxylic acids is 1. The van der Waals surface area contributed by atoms with Gasteiger partial charge in [-0.3, -0.25) is 4.79 Å².